The molecular weight excluding hydrogens is 687 g/mol. The van der Waals surface area contributed by atoms with E-state index in [9.17, 15) is 0 Å². The molecule has 0 radical (unpaired) electrons. The molecule has 5 heterocycles. The normalized spacial score (nSPS) is 11.6. The summed E-state index contributed by atoms with van der Waals surface area (Å²) in [5, 5.41) is 6.46. The van der Waals surface area contributed by atoms with Crippen molar-refractivity contribution in [3.8, 4) is 56.7 Å². The van der Waals surface area contributed by atoms with Gasteiger partial charge in [-0.1, -0.05) is 140 Å². The van der Waals surface area contributed by atoms with Gasteiger partial charge in [-0.05, 0) is 35.0 Å². The van der Waals surface area contributed by atoms with Crippen LogP contribution in [0.4, 0.5) is 0 Å². The highest BCUT2D eigenvalue weighted by Crippen LogP contribution is 2.33. The van der Waals surface area contributed by atoms with E-state index in [1.165, 1.54) is 0 Å². The Labute approximate surface area is 321 Å². The maximum absolute atomic E-state index is 5.08. The summed E-state index contributed by atoms with van der Waals surface area (Å²) in [6.07, 6.45) is 3.63. The van der Waals surface area contributed by atoms with Crippen LogP contribution in [0.2, 0.25) is 0 Å². The van der Waals surface area contributed by atoms with E-state index in [1.54, 1.807) is 0 Å². The smallest absolute Gasteiger partial charge is 0.164 e. The van der Waals surface area contributed by atoms with Crippen molar-refractivity contribution in [2.24, 2.45) is 0 Å². The van der Waals surface area contributed by atoms with Gasteiger partial charge in [-0.15, -0.1) is 0 Å². The summed E-state index contributed by atoms with van der Waals surface area (Å²) in [5.41, 5.74) is 10.0. The average molecular weight is 716 g/mol. The van der Waals surface area contributed by atoms with Gasteiger partial charge in [-0.25, -0.2) is 24.9 Å². The molecule has 7 heteroatoms. The highest BCUT2D eigenvalue weighted by Gasteiger charge is 2.16. The van der Waals surface area contributed by atoms with Crippen LogP contribution in [0.3, 0.4) is 0 Å². The van der Waals surface area contributed by atoms with Crippen molar-refractivity contribution in [1.82, 2.24) is 34.9 Å². The maximum Gasteiger partial charge on any atom is 0.164 e. The molecule has 0 fully saturated rings. The summed E-state index contributed by atoms with van der Waals surface area (Å²) in [6.45, 7) is 0. The van der Waals surface area contributed by atoms with Crippen molar-refractivity contribution >= 4 is 54.4 Å². The summed E-state index contributed by atoms with van der Waals surface area (Å²) in [5.74, 6) is 1.79. The highest BCUT2D eigenvalue weighted by molar-refractivity contribution is 6.04. The van der Waals surface area contributed by atoms with Crippen molar-refractivity contribution in [2.45, 2.75) is 0 Å². The fourth-order valence-electron chi connectivity index (χ4n) is 7.52. The van der Waals surface area contributed by atoms with E-state index in [0.29, 0.717) is 17.5 Å². The fraction of sp³-hybridized carbons (Fsp3) is 0. The molecule has 0 bridgehead atoms. The van der Waals surface area contributed by atoms with Gasteiger partial charge >= 0.3 is 0 Å². The minimum atomic E-state index is 0.589. The Morgan fingerprint density at radius 3 is 1.25 bits per heavy atom. The van der Waals surface area contributed by atoms with Crippen LogP contribution in [0.1, 0.15) is 0 Å². The standard InChI is InChI=1S/C49H29N7/c1-2-10-39-30(6-1)7-3-11-40(39)49-55-47(37-20-12-31(13-21-37)41-26-24-35-18-16-33-8-4-28-50-43(33)45(35)52-41)54-48(56-49)38-22-14-32(15-23-38)42-27-25-36-19-17-34-9-5-29-51-44(34)46(36)53-42/h1-29H. The van der Waals surface area contributed by atoms with E-state index in [2.05, 4.69) is 149 Å². The van der Waals surface area contributed by atoms with Gasteiger partial charge in [0.05, 0.1) is 33.5 Å². The lowest BCUT2D eigenvalue weighted by Crippen LogP contribution is -2.00. The van der Waals surface area contributed by atoms with Gasteiger partial charge in [-0.2, -0.15) is 0 Å². The lowest BCUT2D eigenvalue weighted by atomic mass is 10.0. The van der Waals surface area contributed by atoms with Gasteiger partial charge in [0.2, 0.25) is 0 Å². The molecule has 0 saturated carbocycles. The third-order valence-corrected chi connectivity index (χ3v) is 10.4. The molecule has 0 atom stereocenters. The number of aromatic nitrogens is 7. The van der Waals surface area contributed by atoms with Crippen molar-refractivity contribution in [2.75, 3.05) is 0 Å². The van der Waals surface area contributed by atoms with Crippen LogP contribution in [0, 0.1) is 0 Å². The average Bonchev–Trinajstić information content (AvgIpc) is 3.28. The number of pyridine rings is 4. The molecule has 0 aliphatic carbocycles. The second kappa shape index (κ2) is 13.0. The second-order valence-electron chi connectivity index (χ2n) is 13.8. The molecule has 7 nitrogen and oxygen atoms in total. The minimum Gasteiger partial charge on any atom is -0.254 e. The first-order chi connectivity index (χ1) is 27.7. The van der Waals surface area contributed by atoms with E-state index < -0.39 is 0 Å². The van der Waals surface area contributed by atoms with Gasteiger partial charge in [-0.3, -0.25) is 9.97 Å². The molecule has 56 heavy (non-hydrogen) atoms. The Bertz CT molecular complexity index is 3120. The largest absolute Gasteiger partial charge is 0.254 e. The summed E-state index contributed by atoms with van der Waals surface area (Å²) >= 11 is 0. The molecule has 5 aromatic heterocycles. The number of hydrogen-bond donors (Lipinski definition) is 0. The number of fused-ring (bicyclic) bond motifs is 7. The molecule has 0 amide bonds. The van der Waals surface area contributed by atoms with Gasteiger partial charge in [0.15, 0.2) is 17.5 Å². The molecule has 6 aromatic carbocycles. The molecule has 0 aliphatic heterocycles. The number of nitrogens with zero attached hydrogens (tertiary/aromatic N) is 7. The van der Waals surface area contributed by atoms with Crippen LogP contribution in [0.5, 0.6) is 0 Å². The third-order valence-electron chi connectivity index (χ3n) is 10.4. The van der Waals surface area contributed by atoms with Crippen LogP contribution in [-0.2, 0) is 0 Å². The van der Waals surface area contributed by atoms with Crippen molar-refractivity contribution in [1.29, 1.82) is 0 Å². The first kappa shape index (κ1) is 31.7. The molecular formula is C49H29N7. The third kappa shape index (κ3) is 5.49. The van der Waals surface area contributed by atoms with Crippen LogP contribution in [-0.4, -0.2) is 34.9 Å². The quantitative estimate of drug-likeness (QED) is 0.164. The Morgan fingerprint density at radius 2 is 0.696 bits per heavy atom. The summed E-state index contributed by atoms with van der Waals surface area (Å²) in [7, 11) is 0. The Hall–Kier alpha value is -7.77. The fourth-order valence-corrected chi connectivity index (χ4v) is 7.52. The molecule has 0 N–H and O–H groups in total. The minimum absolute atomic E-state index is 0.589. The second-order valence-corrected chi connectivity index (χ2v) is 13.8. The molecule has 11 aromatic rings. The Kier molecular flexibility index (Phi) is 7.35. The zero-order chi connectivity index (χ0) is 37.0. The summed E-state index contributed by atoms with van der Waals surface area (Å²) in [6, 6.07) is 55.8. The highest BCUT2D eigenvalue weighted by atomic mass is 15.0. The van der Waals surface area contributed by atoms with Crippen molar-refractivity contribution < 1.29 is 0 Å². The van der Waals surface area contributed by atoms with Gasteiger partial charge in [0.1, 0.15) is 0 Å². The maximum atomic E-state index is 5.08. The van der Waals surface area contributed by atoms with Crippen molar-refractivity contribution in [3.05, 3.63) is 176 Å². The van der Waals surface area contributed by atoms with Gasteiger partial charge in [0, 0.05) is 61.8 Å². The van der Waals surface area contributed by atoms with Crippen LogP contribution in [0.15, 0.2) is 176 Å². The van der Waals surface area contributed by atoms with E-state index in [1.807, 2.05) is 36.7 Å². The topological polar surface area (TPSA) is 90.2 Å². The van der Waals surface area contributed by atoms with Gasteiger partial charge < -0.3 is 0 Å². The molecule has 0 spiro atoms. The molecule has 0 saturated heterocycles. The lowest BCUT2D eigenvalue weighted by Gasteiger charge is -2.11. The number of hydrogen-bond acceptors (Lipinski definition) is 7. The monoisotopic (exact) mass is 715 g/mol. The summed E-state index contributed by atoms with van der Waals surface area (Å²) < 4.78 is 0. The lowest BCUT2D eigenvalue weighted by molar-refractivity contribution is 1.08. The predicted octanol–water partition coefficient (Wildman–Crippen LogP) is 11.6. The SMILES string of the molecule is c1ccc2c(-c3nc(-c4ccc(-c5ccc6ccc7cccnc7c6n5)cc4)nc(-c4ccc(-c5ccc6ccc7cccnc7c6n5)cc4)n3)cccc2c1. The van der Waals surface area contributed by atoms with Gasteiger partial charge in [0.25, 0.3) is 0 Å². The zero-order valence-electron chi connectivity index (χ0n) is 29.9. The van der Waals surface area contributed by atoms with E-state index in [-0.39, 0.29) is 0 Å². The zero-order valence-corrected chi connectivity index (χ0v) is 29.9. The summed E-state index contributed by atoms with van der Waals surface area (Å²) in [4.78, 5) is 34.6. The first-order valence-corrected chi connectivity index (χ1v) is 18.5. The number of benzene rings is 6. The first-order valence-electron chi connectivity index (χ1n) is 18.5. The van der Waals surface area contributed by atoms with Crippen LogP contribution >= 0.6 is 0 Å². The number of rotatable bonds is 5. The Morgan fingerprint density at radius 1 is 0.268 bits per heavy atom. The van der Waals surface area contributed by atoms with E-state index in [0.717, 1.165) is 93.6 Å². The van der Waals surface area contributed by atoms with E-state index >= 15 is 0 Å². The van der Waals surface area contributed by atoms with Crippen LogP contribution < -0.4 is 0 Å². The molecule has 260 valence electrons. The van der Waals surface area contributed by atoms with E-state index in [4.69, 9.17) is 24.9 Å². The molecule has 11 rings (SSSR count). The molecule has 0 unspecified atom stereocenters. The predicted molar refractivity (Wildman–Crippen MR) is 226 cm³/mol. The van der Waals surface area contributed by atoms with Crippen molar-refractivity contribution in [3.63, 3.8) is 0 Å². The van der Waals surface area contributed by atoms with Crippen LogP contribution in [0.25, 0.3) is 111 Å². The molecule has 0 aliphatic rings. The Balaban J connectivity index is 0.995.